The Labute approximate surface area is 112 Å². The van der Waals surface area contributed by atoms with Gasteiger partial charge in [-0.25, -0.2) is 0 Å². The van der Waals surface area contributed by atoms with Gasteiger partial charge in [-0.15, -0.1) is 10.2 Å². The topological polar surface area (TPSA) is 38.7 Å². The lowest BCUT2D eigenvalue weighted by molar-refractivity contribution is 0.865. The average molecular weight is 247 g/mol. The molecule has 3 aromatic rings. The van der Waals surface area contributed by atoms with Crippen molar-refractivity contribution in [3.05, 3.63) is 78.1 Å². The third-order valence-corrected chi connectivity index (χ3v) is 3.11. The van der Waals surface area contributed by atoms with Crippen LogP contribution in [0.1, 0.15) is 11.1 Å². The molecule has 92 valence electrons. The standard InChI is InChI=1S/C13H10.C3H3N3/c1-3-7-12-10(5-1)9-11-6-2-4-8-13(11)12;1-2-4-6-5-3-1/h1-8H,9H2;1-3H. The third kappa shape index (κ3) is 2.50. The van der Waals surface area contributed by atoms with Gasteiger partial charge >= 0.3 is 0 Å². The highest BCUT2D eigenvalue weighted by Crippen LogP contribution is 2.35. The summed E-state index contributed by atoms with van der Waals surface area (Å²) in [5.41, 5.74) is 5.75. The summed E-state index contributed by atoms with van der Waals surface area (Å²) in [6.07, 6.45) is 4.26. The first-order valence-electron chi connectivity index (χ1n) is 6.19. The lowest BCUT2D eigenvalue weighted by atomic mass is 10.1. The number of nitrogens with zero attached hydrogens (tertiary/aromatic N) is 3. The molecule has 1 heterocycles. The summed E-state index contributed by atoms with van der Waals surface area (Å²) in [7, 11) is 0. The van der Waals surface area contributed by atoms with Gasteiger partial charge < -0.3 is 0 Å². The lowest BCUT2D eigenvalue weighted by Gasteiger charge is -1.98. The van der Waals surface area contributed by atoms with Gasteiger partial charge in [-0.2, -0.15) is 0 Å². The van der Waals surface area contributed by atoms with E-state index in [4.69, 9.17) is 0 Å². The van der Waals surface area contributed by atoms with Crippen LogP contribution >= 0.6 is 0 Å². The first kappa shape index (κ1) is 11.5. The van der Waals surface area contributed by atoms with Crippen LogP contribution < -0.4 is 0 Å². The molecule has 0 N–H and O–H groups in total. The van der Waals surface area contributed by atoms with Crippen molar-refractivity contribution < 1.29 is 0 Å². The minimum atomic E-state index is 1.10. The number of aromatic nitrogens is 3. The zero-order valence-electron chi connectivity index (χ0n) is 10.4. The van der Waals surface area contributed by atoms with Crippen LogP contribution in [0.2, 0.25) is 0 Å². The van der Waals surface area contributed by atoms with Crippen molar-refractivity contribution in [1.29, 1.82) is 0 Å². The van der Waals surface area contributed by atoms with Gasteiger partial charge in [-0.05, 0) is 40.0 Å². The smallest absolute Gasteiger partial charge is 0.0529 e. The fourth-order valence-electron chi connectivity index (χ4n) is 2.28. The van der Waals surface area contributed by atoms with E-state index in [0.29, 0.717) is 0 Å². The van der Waals surface area contributed by atoms with E-state index >= 15 is 0 Å². The zero-order valence-corrected chi connectivity index (χ0v) is 10.4. The Bertz CT molecular complexity index is 595. The molecule has 0 amide bonds. The Hall–Kier alpha value is -2.55. The molecule has 0 bridgehead atoms. The van der Waals surface area contributed by atoms with Crippen LogP contribution in [-0.4, -0.2) is 15.4 Å². The average Bonchev–Trinajstić information content (AvgIpc) is 2.88. The van der Waals surface area contributed by atoms with Crippen LogP contribution in [0.3, 0.4) is 0 Å². The van der Waals surface area contributed by atoms with Crippen LogP contribution in [0.5, 0.6) is 0 Å². The maximum Gasteiger partial charge on any atom is 0.0529 e. The molecular formula is C16H13N3. The van der Waals surface area contributed by atoms with E-state index in [2.05, 4.69) is 63.9 Å². The first-order chi connectivity index (χ1) is 9.45. The maximum absolute atomic E-state index is 3.42. The molecule has 0 unspecified atom stereocenters. The van der Waals surface area contributed by atoms with Crippen molar-refractivity contribution >= 4 is 0 Å². The summed E-state index contributed by atoms with van der Waals surface area (Å²) < 4.78 is 0. The lowest BCUT2D eigenvalue weighted by Crippen LogP contribution is -1.78. The summed E-state index contributed by atoms with van der Waals surface area (Å²) in [5, 5.41) is 10.1. The van der Waals surface area contributed by atoms with E-state index in [1.54, 1.807) is 18.5 Å². The fraction of sp³-hybridized carbons (Fsp3) is 0.0625. The monoisotopic (exact) mass is 247 g/mol. The molecule has 0 spiro atoms. The molecule has 3 heteroatoms. The SMILES string of the molecule is c1ccc2c(c1)Cc1ccccc1-2.c1cnnnc1. The molecule has 4 rings (SSSR count). The summed E-state index contributed by atoms with van der Waals surface area (Å²) in [6.45, 7) is 0. The number of benzene rings is 2. The third-order valence-electron chi connectivity index (χ3n) is 3.11. The quantitative estimate of drug-likeness (QED) is 0.479. The number of hydrogen-bond acceptors (Lipinski definition) is 3. The minimum absolute atomic E-state index is 1.10. The highest BCUT2D eigenvalue weighted by molar-refractivity contribution is 5.76. The Morgan fingerprint density at radius 3 is 1.58 bits per heavy atom. The molecule has 0 atom stereocenters. The summed E-state index contributed by atoms with van der Waals surface area (Å²) in [5.74, 6) is 0. The zero-order chi connectivity index (χ0) is 12.9. The molecule has 0 radical (unpaired) electrons. The highest BCUT2D eigenvalue weighted by atomic mass is 15.3. The summed E-state index contributed by atoms with van der Waals surface area (Å²) in [6, 6.07) is 19.0. The Balaban J connectivity index is 0.000000155. The molecule has 3 nitrogen and oxygen atoms in total. The summed E-state index contributed by atoms with van der Waals surface area (Å²) in [4.78, 5) is 0. The Morgan fingerprint density at radius 2 is 1.16 bits per heavy atom. The van der Waals surface area contributed by atoms with E-state index in [1.807, 2.05) is 0 Å². The van der Waals surface area contributed by atoms with Gasteiger partial charge in [0.15, 0.2) is 0 Å². The van der Waals surface area contributed by atoms with E-state index < -0.39 is 0 Å². The fourth-order valence-corrected chi connectivity index (χ4v) is 2.28. The number of hydrogen-bond donors (Lipinski definition) is 0. The van der Waals surface area contributed by atoms with E-state index in [1.165, 1.54) is 22.3 Å². The molecule has 0 saturated carbocycles. The van der Waals surface area contributed by atoms with Gasteiger partial charge in [0, 0.05) is 0 Å². The van der Waals surface area contributed by atoms with Crippen molar-refractivity contribution in [1.82, 2.24) is 15.4 Å². The summed E-state index contributed by atoms with van der Waals surface area (Å²) >= 11 is 0. The van der Waals surface area contributed by atoms with Gasteiger partial charge in [-0.3, -0.25) is 0 Å². The van der Waals surface area contributed by atoms with Crippen molar-refractivity contribution in [3.8, 4) is 11.1 Å². The van der Waals surface area contributed by atoms with Crippen LogP contribution in [0, 0.1) is 0 Å². The Morgan fingerprint density at radius 1 is 0.632 bits per heavy atom. The molecule has 0 aliphatic heterocycles. The van der Waals surface area contributed by atoms with Crippen LogP contribution in [0.15, 0.2) is 67.0 Å². The number of fused-ring (bicyclic) bond motifs is 3. The molecular weight excluding hydrogens is 234 g/mol. The van der Waals surface area contributed by atoms with Gasteiger partial charge in [0.1, 0.15) is 0 Å². The van der Waals surface area contributed by atoms with E-state index in [-0.39, 0.29) is 0 Å². The second-order valence-corrected chi connectivity index (χ2v) is 4.30. The molecule has 1 aliphatic rings. The van der Waals surface area contributed by atoms with Crippen molar-refractivity contribution in [2.45, 2.75) is 6.42 Å². The molecule has 19 heavy (non-hydrogen) atoms. The second kappa shape index (κ2) is 5.40. The van der Waals surface area contributed by atoms with Crippen LogP contribution in [-0.2, 0) is 6.42 Å². The first-order valence-corrected chi connectivity index (χ1v) is 6.19. The molecule has 0 fully saturated rings. The molecule has 1 aliphatic carbocycles. The van der Waals surface area contributed by atoms with Gasteiger partial charge in [0.25, 0.3) is 0 Å². The second-order valence-electron chi connectivity index (χ2n) is 4.30. The number of rotatable bonds is 0. The molecule has 1 aromatic heterocycles. The van der Waals surface area contributed by atoms with Crippen LogP contribution in [0.4, 0.5) is 0 Å². The van der Waals surface area contributed by atoms with Crippen LogP contribution in [0.25, 0.3) is 11.1 Å². The Kier molecular flexibility index (Phi) is 3.28. The maximum atomic E-state index is 3.42. The molecule has 0 saturated heterocycles. The van der Waals surface area contributed by atoms with Gasteiger partial charge in [-0.1, -0.05) is 48.5 Å². The minimum Gasteiger partial charge on any atom is -0.139 e. The van der Waals surface area contributed by atoms with Gasteiger partial charge in [0.05, 0.1) is 12.4 Å². The highest BCUT2D eigenvalue weighted by Gasteiger charge is 2.15. The predicted molar refractivity (Wildman–Crippen MR) is 74.5 cm³/mol. The van der Waals surface area contributed by atoms with Gasteiger partial charge in [0.2, 0.25) is 0 Å². The largest absolute Gasteiger partial charge is 0.139 e. The van der Waals surface area contributed by atoms with Crippen molar-refractivity contribution in [2.24, 2.45) is 0 Å². The normalized spacial score (nSPS) is 10.9. The van der Waals surface area contributed by atoms with E-state index in [0.717, 1.165) is 6.42 Å². The van der Waals surface area contributed by atoms with E-state index in [9.17, 15) is 0 Å². The predicted octanol–water partition coefficient (Wildman–Crippen LogP) is 3.13. The van der Waals surface area contributed by atoms with Crippen molar-refractivity contribution in [3.63, 3.8) is 0 Å². The molecule has 2 aromatic carbocycles. The van der Waals surface area contributed by atoms with Crippen molar-refractivity contribution in [2.75, 3.05) is 0 Å².